The summed E-state index contributed by atoms with van der Waals surface area (Å²) in [6.45, 7) is 4.66. The molecule has 24 heavy (non-hydrogen) atoms. The number of nitrogens with one attached hydrogen (secondary N) is 2. The molecule has 8 heteroatoms. The van der Waals surface area contributed by atoms with Crippen LogP contribution >= 0.6 is 0 Å². The van der Waals surface area contributed by atoms with E-state index in [9.17, 15) is 12.8 Å². The van der Waals surface area contributed by atoms with Gasteiger partial charge in [0.2, 0.25) is 0 Å². The van der Waals surface area contributed by atoms with Crippen LogP contribution in [0.4, 0.5) is 4.39 Å². The SMILES string of the molecule is CN=C(NCc1cc(F)ccc1CS(C)(=O)=O)NCC(C)(C)OC. The number of rotatable bonds is 7. The van der Waals surface area contributed by atoms with Crippen molar-refractivity contribution in [3.05, 3.63) is 35.1 Å². The lowest BCUT2D eigenvalue weighted by Gasteiger charge is -2.24. The minimum atomic E-state index is -3.20. The van der Waals surface area contributed by atoms with Gasteiger partial charge < -0.3 is 15.4 Å². The molecule has 1 rings (SSSR count). The van der Waals surface area contributed by atoms with Crippen molar-refractivity contribution in [1.82, 2.24) is 10.6 Å². The van der Waals surface area contributed by atoms with Gasteiger partial charge in [0.05, 0.1) is 11.4 Å². The van der Waals surface area contributed by atoms with Crippen LogP contribution in [0.3, 0.4) is 0 Å². The van der Waals surface area contributed by atoms with Crippen molar-refractivity contribution in [2.24, 2.45) is 4.99 Å². The second-order valence-corrected chi connectivity index (χ2v) is 8.37. The Kier molecular flexibility index (Phi) is 7.16. The fourth-order valence-electron chi connectivity index (χ4n) is 1.95. The third kappa shape index (κ3) is 7.27. The van der Waals surface area contributed by atoms with Gasteiger partial charge in [-0.15, -0.1) is 0 Å². The predicted octanol–water partition coefficient (Wildman–Crippen LogP) is 1.46. The molecule has 1 aromatic carbocycles. The van der Waals surface area contributed by atoms with E-state index in [1.165, 1.54) is 18.2 Å². The Morgan fingerprint density at radius 2 is 1.96 bits per heavy atom. The zero-order valence-corrected chi connectivity index (χ0v) is 15.6. The molecule has 0 spiro atoms. The zero-order valence-electron chi connectivity index (χ0n) is 14.8. The van der Waals surface area contributed by atoms with E-state index in [1.807, 2.05) is 13.8 Å². The van der Waals surface area contributed by atoms with Crippen LogP contribution in [0.5, 0.6) is 0 Å². The molecule has 136 valence electrons. The minimum absolute atomic E-state index is 0.132. The molecule has 0 heterocycles. The molecule has 0 radical (unpaired) electrons. The molecule has 0 saturated carbocycles. The van der Waals surface area contributed by atoms with Gasteiger partial charge in [0.15, 0.2) is 15.8 Å². The van der Waals surface area contributed by atoms with E-state index in [0.29, 0.717) is 23.6 Å². The molecule has 0 bridgehead atoms. The number of sulfone groups is 1. The molecule has 0 unspecified atom stereocenters. The van der Waals surface area contributed by atoms with Gasteiger partial charge >= 0.3 is 0 Å². The normalized spacial score (nSPS) is 13.0. The lowest BCUT2D eigenvalue weighted by molar-refractivity contribution is 0.0268. The third-order valence-electron chi connectivity index (χ3n) is 3.49. The number of ether oxygens (including phenoxy) is 1. The first-order chi connectivity index (χ1) is 11.1. The molecule has 0 aliphatic heterocycles. The Hall–Kier alpha value is -1.67. The predicted molar refractivity (Wildman–Crippen MR) is 94.2 cm³/mol. The van der Waals surface area contributed by atoms with Crippen LogP contribution in [0.25, 0.3) is 0 Å². The summed E-state index contributed by atoms with van der Waals surface area (Å²) < 4.78 is 41.8. The first kappa shape index (κ1) is 20.4. The number of hydrogen-bond donors (Lipinski definition) is 2. The van der Waals surface area contributed by atoms with Crippen LogP contribution < -0.4 is 10.6 Å². The summed E-state index contributed by atoms with van der Waals surface area (Å²) >= 11 is 0. The van der Waals surface area contributed by atoms with Gasteiger partial charge in [0.1, 0.15) is 5.82 Å². The number of methoxy groups -OCH3 is 1. The van der Waals surface area contributed by atoms with Crippen molar-refractivity contribution in [3.8, 4) is 0 Å². The Balaban J connectivity index is 2.79. The molecule has 0 aliphatic rings. The average molecular weight is 359 g/mol. The summed E-state index contributed by atoms with van der Waals surface area (Å²) in [5.74, 6) is -0.0188. The van der Waals surface area contributed by atoms with Crippen LogP contribution in [0, 0.1) is 5.82 Å². The van der Waals surface area contributed by atoms with Crippen LogP contribution in [0.2, 0.25) is 0 Å². The van der Waals surface area contributed by atoms with Crippen LogP contribution in [-0.4, -0.2) is 46.9 Å². The molecule has 6 nitrogen and oxygen atoms in total. The molecule has 0 aromatic heterocycles. The van der Waals surface area contributed by atoms with Crippen molar-refractivity contribution >= 4 is 15.8 Å². The van der Waals surface area contributed by atoms with Gasteiger partial charge in [-0.2, -0.15) is 0 Å². The standard InChI is InChI=1S/C16H26FN3O3S/c1-16(2,23-4)11-20-15(18-3)19-9-13-8-14(17)7-6-12(13)10-24(5,21)22/h6-8H,9-11H2,1-5H3,(H2,18,19,20). The van der Waals surface area contributed by atoms with Crippen molar-refractivity contribution < 1.29 is 17.5 Å². The van der Waals surface area contributed by atoms with E-state index in [0.717, 1.165) is 6.26 Å². The quantitative estimate of drug-likeness (QED) is 0.569. The van der Waals surface area contributed by atoms with E-state index >= 15 is 0 Å². The summed E-state index contributed by atoms with van der Waals surface area (Å²) in [5.41, 5.74) is 0.784. The van der Waals surface area contributed by atoms with Gasteiger partial charge in [-0.25, -0.2) is 12.8 Å². The molecular weight excluding hydrogens is 333 g/mol. The Bertz CT molecular complexity index is 688. The summed E-state index contributed by atoms with van der Waals surface area (Å²) in [4.78, 5) is 4.09. The number of nitrogens with zero attached hydrogens (tertiary/aromatic N) is 1. The smallest absolute Gasteiger partial charge is 0.191 e. The van der Waals surface area contributed by atoms with Crippen LogP contribution in [0.15, 0.2) is 23.2 Å². The third-order valence-corrected chi connectivity index (χ3v) is 4.33. The molecule has 1 aromatic rings. The van der Waals surface area contributed by atoms with Crippen molar-refractivity contribution in [3.63, 3.8) is 0 Å². The fourth-order valence-corrected chi connectivity index (χ4v) is 2.80. The van der Waals surface area contributed by atoms with E-state index in [-0.39, 0.29) is 17.9 Å². The lowest BCUT2D eigenvalue weighted by Crippen LogP contribution is -2.45. The van der Waals surface area contributed by atoms with Crippen LogP contribution in [-0.2, 0) is 26.9 Å². The van der Waals surface area contributed by atoms with E-state index in [2.05, 4.69) is 15.6 Å². The van der Waals surface area contributed by atoms with E-state index in [1.54, 1.807) is 14.2 Å². The number of guanidine groups is 1. The number of aliphatic imine (C=N–C) groups is 1. The van der Waals surface area contributed by atoms with Crippen molar-refractivity contribution in [1.29, 1.82) is 0 Å². The van der Waals surface area contributed by atoms with E-state index in [4.69, 9.17) is 4.74 Å². The maximum Gasteiger partial charge on any atom is 0.191 e. The highest BCUT2D eigenvalue weighted by molar-refractivity contribution is 7.89. The summed E-state index contributed by atoms with van der Waals surface area (Å²) in [6, 6.07) is 4.09. The van der Waals surface area contributed by atoms with E-state index < -0.39 is 15.7 Å². The summed E-state index contributed by atoms with van der Waals surface area (Å²) in [7, 11) is 0.0480. The summed E-state index contributed by atoms with van der Waals surface area (Å²) in [6.07, 6.45) is 1.15. The summed E-state index contributed by atoms with van der Waals surface area (Å²) in [5, 5.41) is 6.17. The Morgan fingerprint density at radius 1 is 1.29 bits per heavy atom. The highest BCUT2D eigenvalue weighted by atomic mass is 32.2. The first-order valence-corrected chi connectivity index (χ1v) is 9.57. The molecule has 0 saturated heterocycles. The monoisotopic (exact) mass is 359 g/mol. The molecule has 0 aliphatic carbocycles. The van der Waals surface area contributed by atoms with Crippen molar-refractivity contribution in [2.75, 3.05) is 27.0 Å². The fraction of sp³-hybridized carbons (Fsp3) is 0.562. The topological polar surface area (TPSA) is 79.8 Å². The lowest BCUT2D eigenvalue weighted by atomic mass is 10.1. The van der Waals surface area contributed by atoms with Gasteiger partial charge in [-0.1, -0.05) is 6.07 Å². The molecule has 0 fully saturated rings. The second kappa shape index (κ2) is 8.43. The van der Waals surface area contributed by atoms with Gasteiger partial charge in [-0.05, 0) is 37.1 Å². The van der Waals surface area contributed by atoms with Gasteiger partial charge in [0.25, 0.3) is 0 Å². The highest BCUT2D eigenvalue weighted by Gasteiger charge is 2.17. The minimum Gasteiger partial charge on any atom is -0.377 e. The number of benzene rings is 1. The van der Waals surface area contributed by atoms with Crippen LogP contribution in [0.1, 0.15) is 25.0 Å². The van der Waals surface area contributed by atoms with Gasteiger partial charge in [-0.3, -0.25) is 4.99 Å². The highest BCUT2D eigenvalue weighted by Crippen LogP contribution is 2.14. The molecular formula is C16H26FN3O3S. The maximum atomic E-state index is 13.5. The zero-order chi connectivity index (χ0) is 18.4. The average Bonchev–Trinajstić information content (AvgIpc) is 2.48. The molecule has 2 N–H and O–H groups in total. The van der Waals surface area contributed by atoms with Crippen molar-refractivity contribution in [2.45, 2.75) is 31.7 Å². The van der Waals surface area contributed by atoms with Gasteiger partial charge in [0, 0.05) is 33.5 Å². The maximum absolute atomic E-state index is 13.5. The molecule has 0 amide bonds. The largest absolute Gasteiger partial charge is 0.377 e. The first-order valence-electron chi connectivity index (χ1n) is 7.51. The number of halogens is 1. The Labute approximate surface area is 143 Å². The number of hydrogen-bond acceptors (Lipinski definition) is 4. The molecule has 0 atom stereocenters. The second-order valence-electron chi connectivity index (χ2n) is 6.23. The Morgan fingerprint density at radius 3 is 2.50 bits per heavy atom.